The van der Waals surface area contributed by atoms with Crippen LogP contribution in [0.1, 0.15) is 19.3 Å². The lowest BCUT2D eigenvalue weighted by molar-refractivity contribution is -0.141. The molecule has 0 unspecified atom stereocenters. The van der Waals surface area contributed by atoms with Crippen LogP contribution in [-0.4, -0.2) is 31.7 Å². The van der Waals surface area contributed by atoms with Gasteiger partial charge in [-0.05, 0) is 55.3 Å². The van der Waals surface area contributed by atoms with E-state index in [1.54, 1.807) is 6.33 Å². The van der Waals surface area contributed by atoms with E-state index in [-0.39, 0.29) is 11.8 Å². The Hall–Kier alpha value is -2.35. The highest BCUT2D eigenvalue weighted by atomic mass is 32.2. The van der Waals surface area contributed by atoms with Gasteiger partial charge in [-0.3, -0.25) is 9.59 Å². The molecular weight excluding hydrogens is 328 g/mol. The summed E-state index contributed by atoms with van der Waals surface area (Å²) in [6.07, 6.45) is 3.26. The maximum Gasteiger partial charge on any atom is 0.306 e. The molecule has 1 fully saturated rings. The maximum atomic E-state index is 12.2. The lowest BCUT2D eigenvalue weighted by Gasteiger charge is -2.11. The second-order valence-corrected chi connectivity index (χ2v) is 6.93. The minimum absolute atomic E-state index is 0.104. The second kappa shape index (κ2) is 7.04. The average Bonchev–Trinajstić information content (AvgIpc) is 3.19. The van der Waals surface area contributed by atoms with Crippen molar-refractivity contribution in [2.45, 2.75) is 29.3 Å². The molecule has 1 aromatic carbocycles. The van der Waals surface area contributed by atoms with Crippen molar-refractivity contribution in [1.82, 2.24) is 14.8 Å². The van der Waals surface area contributed by atoms with Gasteiger partial charge in [0.15, 0.2) is 5.16 Å². The van der Waals surface area contributed by atoms with Crippen molar-refractivity contribution in [1.29, 1.82) is 0 Å². The molecule has 126 valence electrons. The number of nitrogens with zero attached hydrogens (tertiary/aromatic N) is 3. The van der Waals surface area contributed by atoms with E-state index in [0.717, 1.165) is 10.1 Å². The predicted molar refractivity (Wildman–Crippen MR) is 88.7 cm³/mol. The Balaban J connectivity index is 1.57. The second-order valence-electron chi connectivity index (χ2n) is 5.89. The molecule has 0 aliphatic heterocycles. The number of carbonyl (C=O) groups is 2. The molecule has 1 saturated carbocycles. The van der Waals surface area contributed by atoms with E-state index in [1.807, 2.05) is 35.9 Å². The van der Waals surface area contributed by atoms with Crippen LogP contribution in [0.3, 0.4) is 0 Å². The highest BCUT2D eigenvalue weighted by Gasteiger charge is 2.33. The number of nitrogens with one attached hydrogen (secondary N) is 1. The van der Waals surface area contributed by atoms with Gasteiger partial charge in [0.25, 0.3) is 0 Å². The Morgan fingerprint density at radius 2 is 1.96 bits per heavy atom. The van der Waals surface area contributed by atoms with Crippen molar-refractivity contribution in [3.05, 3.63) is 30.6 Å². The zero-order chi connectivity index (χ0) is 17.1. The van der Waals surface area contributed by atoms with Crippen LogP contribution in [0, 0.1) is 11.8 Å². The molecule has 0 saturated heterocycles. The number of benzene rings is 1. The summed E-state index contributed by atoms with van der Waals surface area (Å²) >= 11 is 1.49. The van der Waals surface area contributed by atoms with Crippen LogP contribution in [-0.2, 0) is 16.6 Å². The van der Waals surface area contributed by atoms with E-state index in [0.29, 0.717) is 24.9 Å². The van der Waals surface area contributed by atoms with Crippen LogP contribution in [0.5, 0.6) is 0 Å². The Labute approximate surface area is 143 Å². The third-order valence-corrected chi connectivity index (χ3v) is 5.21. The van der Waals surface area contributed by atoms with Crippen molar-refractivity contribution in [2.75, 3.05) is 5.32 Å². The first kappa shape index (κ1) is 16.5. The van der Waals surface area contributed by atoms with E-state index < -0.39 is 11.9 Å². The molecule has 2 atom stereocenters. The molecule has 7 nitrogen and oxygen atoms in total. The number of hydrogen-bond acceptors (Lipinski definition) is 5. The highest BCUT2D eigenvalue weighted by Crippen LogP contribution is 2.32. The topological polar surface area (TPSA) is 97.1 Å². The Kier molecular flexibility index (Phi) is 4.84. The Bertz CT molecular complexity index is 744. The zero-order valence-corrected chi connectivity index (χ0v) is 14.0. The first-order valence-electron chi connectivity index (χ1n) is 7.68. The lowest BCUT2D eigenvalue weighted by Crippen LogP contribution is -2.21. The van der Waals surface area contributed by atoms with Gasteiger partial charge in [0.1, 0.15) is 6.33 Å². The molecule has 3 rings (SSSR count). The number of carboxylic acid groups (broad SMARTS) is 1. The Morgan fingerprint density at radius 3 is 2.54 bits per heavy atom. The smallest absolute Gasteiger partial charge is 0.306 e. The predicted octanol–water partition coefficient (Wildman–Crippen LogP) is 2.41. The van der Waals surface area contributed by atoms with Crippen LogP contribution in [0.4, 0.5) is 5.69 Å². The number of rotatable bonds is 5. The van der Waals surface area contributed by atoms with Gasteiger partial charge in [0, 0.05) is 23.5 Å². The molecule has 0 spiro atoms. The lowest BCUT2D eigenvalue weighted by atomic mass is 10.0. The van der Waals surface area contributed by atoms with Crippen LogP contribution in [0.25, 0.3) is 0 Å². The number of hydrogen-bond donors (Lipinski definition) is 2. The number of aryl methyl sites for hydroxylation is 1. The van der Waals surface area contributed by atoms with Gasteiger partial charge in [-0.25, -0.2) is 0 Å². The molecule has 1 amide bonds. The van der Waals surface area contributed by atoms with E-state index in [9.17, 15) is 9.59 Å². The standard InChI is InChI=1S/C16H18N4O3S/c1-20-9-17-19-16(20)24-13-6-4-12(5-7-13)18-14(21)10-2-3-11(8-10)15(22)23/h4-7,9-11H,2-3,8H2,1H3,(H,18,21)(H,22,23)/t10-,11+/m1/s1. The van der Waals surface area contributed by atoms with Crippen molar-refractivity contribution < 1.29 is 14.7 Å². The molecule has 8 heteroatoms. The molecule has 1 aliphatic rings. The van der Waals surface area contributed by atoms with Crippen molar-refractivity contribution in [2.24, 2.45) is 18.9 Å². The van der Waals surface area contributed by atoms with Gasteiger partial charge in [0.05, 0.1) is 5.92 Å². The van der Waals surface area contributed by atoms with Gasteiger partial charge < -0.3 is 15.0 Å². The number of carbonyl (C=O) groups excluding carboxylic acids is 1. The van der Waals surface area contributed by atoms with Crippen LogP contribution in [0.15, 0.2) is 40.6 Å². The summed E-state index contributed by atoms with van der Waals surface area (Å²) in [5.74, 6) is -1.53. The minimum Gasteiger partial charge on any atom is -0.481 e. The zero-order valence-electron chi connectivity index (χ0n) is 13.2. The average molecular weight is 346 g/mol. The first-order valence-corrected chi connectivity index (χ1v) is 8.50. The largest absolute Gasteiger partial charge is 0.481 e. The molecular formula is C16H18N4O3S. The fourth-order valence-corrected chi connectivity index (χ4v) is 3.53. The van der Waals surface area contributed by atoms with Crippen molar-refractivity contribution in [3.8, 4) is 0 Å². The number of aliphatic carboxylic acids is 1. The number of anilines is 1. The minimum atomic E-state index is -0.810. The highest BCUT2D eigenvalue weighted by molar-refractivity contribution is 7.99. The van der Waals surface area contributed by atoms with E-state index >= 15 is 0 Å². The number of amides is 1. The van der Waals surface area contributed by atoms with Crippen molar-refractivity contribution >= 4 is 29.3 Å². The van der Waals surface area contributed by atoms with Crippen LogP contribution >= 0.6 is 11.8 Å². The molecule has 1 aromatic heterocycles. The summed E-state index contributed by atoms with van der Waals surface area (Å²) in [4.78, 5) is 24.2. The summed E-state index contributed by atoms with van der Waals surface area (Å²) in [6.45, 7) is 0. The number of carboxylic acids is 1. The Morgan fingerprint density at radius 1 is 1.25 bits per heavy atom. The molecule has 1 aliphatic carbocycles. The monoisotopic (exact) mass is 346 g/mol. The summed E-state index contributed by atoms with van der Waals surface area (Å²) in [5.41, 5.74) is 0.709. The van der Waals surface area contributed by atoms with Crippen LogP contribution in [0.2, 0.25) is 0 Å². The first-order chi connectivity index (χ1) is 11.5. The maximum absolute atomic E-state index is 12.2. The summed E-state index contributed by atoms with van der Waals surface area (Å²) < 4.78 is 1.83. The van der Waals surface area contributed by atoms with E-state index in [4.69, 9.17) is 5.11 Å². The SMILES string of the molecule is Cn1cnnc1Sc1ccc(NC(=O)[C@@H]2CC[C@H](C(=O)O)C2)cc1. The van der Waals surface area contributed by atoms with Crippen LogP contribution < -0.4 is 5.32 Å². The van der Waals surface area contributed by atoms with Gasteiger partial charge in [-0.15, -0.1) is 10.2 Å². The van der Waals surface area contributed by atoms with E-state index in [1.165, 1.54) is 11.8 Å². The quantitative estimate of drug-likeness (QED) is 0.863. The molecule has 0 bridgehead atoms. The molecule has 1 heterocycles. The van der Waals surface area contributed by atoms with Gasteiger partial charge in [0.2, 0.25) is 5.91 Å². The summed E-state index contributed by atoms with van der Waals surface area (Å²) in [6, 6.07) is 7.48. The van der Waals surface area contributed by atoms with E-state index in [2.05, 4.69) is 15.5 Å². The summed E-state index contributed by atoms with van der Waals surface area (Å²) in [7, 11) is 1.88. The fourth-order valence-electron chi connectivity index (χ4n) is 2.76. The molecule has 24 heavy (non-hydrogen) atoms. The third-order valence-electron chi connectivity index (χ3n) is 4.15. The molecule has 2 aromatic rings. The van der Waals surface area contributed by atoms with Gasteiger partial charge in [-0.1, -0.05) is 0 Å². The summed E-state index contributed by atoms with van der Waals surface area (Å²) in [5, 5.41) is 20.5. The van der Waals surface area contributed by atoms with Gasteiger partial charge in [-0.2, -0.15) is 0 Å². The molecule has 0 radical (unpaired) electrons. The normalized spacial score (nSPS) is 20.0. The molecule has 2 N–H and O–H groups in total. The number of aromatic nitrogens is 3. The van der Waals surface area contributed by atoms with Crippen molar-refractivity contribution in [3.63, 3.8) is 0 Å². The third kappa shape index (κ3) is 3.76. The fraction of sp³-hybridized carbons (Fsp3) is 0.375. The van der Waals surface area contributed by atoms with Gasteiger partial charge >= 0.3 is 5.97 Å².